The van der Waals surface area contributed by atoms with Crippen molar-refractivity contribution in [3.05, 3.63) is 77.3 Å². The molecule has 1 fully saturated rings. The van der Waals surface area contributed by atoms with Gasteiger partial charge in [0.2, 0.25) is 0 Å². The van der Waals surface area contributed by atoms with Crippen LogP contribution in [0.15, 0.2) is 61.2 Å². The standard InChI is InChI=1S/C19H19ClO3/c1-2-7-13-12-22-19(14-8-3-5-10-16(14)20)23-18(13)15-9-4-6-11-17(15)21/h2-6,8-11,13,18-19,21H,1,7,12H2. The molecule has 1 aliphatic rings. The summed E-state index contributed by atoms with van der Waals surface area (Å²) in [4.78, 5) is 0. The smallest absolute Gasteiger partial charge is 0.186 e. The maximum Gasteiger partial charge on any atom is 0.186 e. The number of benzene rings is 2. The fraction of sp³-hybridized carbons (Fsp3) is 0.263. The molecule has 0 aliphatic carbocycles. The summed E-state index contributed by atoms with van der Waals surface area (Å²) in [7, 11) is 0. The Kier molecular flexibility index (Phi) is 5.01. The Balaban J connectivity index is 1.91. The van der Waals surface area contributed by atoms with Crippen LogP contribution in [0.3, 0.4) is 0 Å². The molecule has 0 amide bonds. The van der Waals surface area contributed by atoms with Crippen molar-refractivity contribution in [1.82, 2.24) is 0 Å². The maximum absolute atomic E-state index is 10.2. The Labute approximate surface area is 141 Å². The SMILES string of the molecule is C=CCC1COC(c2ccccc2Cl)OC1c1ccccc1O. The van der Waals surface area contributed by atoms with Gasteiger partial charge in [0, 0.05) is 22.1 Å². The number of phenols is 1. The highest BCUT2D eigenvalue weighted by Gasteiger charge is 2.35. The van der Waals surface area contributed by atoms with Crippen LogP contribution in [0.1, 0.15) is 29.9 Å². The molecule has 1 aliphatic heterocycles. The summed E-state index contributed by atoms with van der Waals surface area (Å²) in [6.45, 7) is 4.32. The normalized spacial score (nSPS) is 24.3. The van der Waals surface area contributed by atoms with Crippen molar-refractivity contribution in [2.75, 3.05) is 6.61 Å². The van der Waals surface area contributed by atoms with E-state index in [0.717, 1.165) is 17.5 Å². The van der Waals surface area contributed by atoms with Crippen molar-refractivity contribution in [2.45, 2.75) is 18.8 Å². The molecule has 3 atom stereocenters. The Morgan fingerprint density at radius 1 is 1.13 bits per heavy atom. The van der Waals surface area contributed by atoms with Gasteiger partial charge in [0.25, 0.3) is 0 Å². The molecule has 4 heteroatoms. The summed E-state index contributed by atoms with van der Waals surface area (Å²) < 4.78 is 12.0. The van der Waals surface area contributed by atoms with Gasteiger partial charge >= 0.3 is 0 Å². The number of aromatic hydroxyl groups is 1. The number of rotatable bonds is 4. The largest absolute Gasteiger partial charge is 0.508 e. The Morgan fingerprint density at radius 2 is 1.83 bits per heavy atom. The van der Waals surface area contributed by atoms with E-state index in [4.69, 9.17) is 21.1 Å². The van der Waals surface area contributed by atoms with Crippen LogP contribution in [-0.2, 0) is 9.47 Å². The Morgan fingerprint density at radius 3 is 2.52 bits per heavy atom. The van der Waals surface area contributed by atoms with Gasteiger partial charge in [0.1, 0.15) is 5.75 Å². The second kappa shape index (κ2) is 7.18. The number of para-hydroxylation sites is 1. The van der Waals surface area contributed by atoms with Crippen LogP contribution in [0.2, 0.25) is 5.02 Å². The Bertz CT molecular complexity index is 686. The van der Waals surface area contributed by atoms with E-state index >= 15 is 0 Å². The van der Waals surface area contributed by atoms with Crippen LogP contribution in [0.5, 0.6) is 5.75 Å². The second-order valence-corrected chi connectivity index (χ2v) is 5.99. The first-order valence-corrected chi connectivity index (χ1v) is 7.98. The lowest BCUT2D eigenvalue weighted by Crippen LogP contribution is -2.30. The average molecular weight is 331 g/mol. The van der Waals surface area contributed by atoms with Crippen LogP contribution in [-0.4, -0.2) is 11.7 Å². The molecular weight excluding hydrogens is 312 g/mol. The third kappa shape index (κ3) is 3.42. The van der Waals surface area contributed by atoms with Gasteiger partial charge in [0.15, 0.2) is 6.29 Å². The molecule has 1 heterocycles. The minimum atomic E-state index is -0.547. The topological polar surface area (TPSA) is 38.7 Å². The molecule has 120 valence electrons. The molecule has 23 heavy (non-hydrogen) atoms. The van der Waals surface area contributed by atoms with Crippen LogP contribution >= 0.6 is 11.6 Å². The van der Waals surface area contributed by atoms with Crippen molar-refractivity contribution in [3.8, 4) is 5.75 Å². The molecule has 0 aromatic heterocycles. The molecule has 3 unspecified atom stereocenters. The third-order valence-corrected chi connectivity index (χ3v) is 4.38. The summed E-state index contributed by atoms with van der Waals surface area (Å²) in [5, 5.41) is 10.8. The van der Waals surface area contributed by atoms with Gasteiger partial charge in [-0.15, -0.1) is 6.58 Å². The van der Waals surface area contributed by atoms with Crippen LogP contribution in [0.25, 0.3) is 0 Å². The zero-order valence-electron chi connectivity index (χ0n) is 12.7. The molecule has 0 bridgehead atoms. The van der Waals surface area contributed by atoms with E-state index in [9.17, 15) is 5.11 Å². The van der Waals surface area contributed by atoms with E-state index in [2.05, 4.69) is 6.58 Å². The zero-order valence-corrected chi connectivity index (χ0v) is 13.4. The predicted octanol–water partition coefficient (Wildman–Crippen LogP) is 5.02. The molecular formula is C19H19ClO3. The maximum atomic E-state index is 10.2. The molecule has 0 radical (unpaired) electrons. The van der Waals surface area contributed by atoms with Crippen LogP contribution < -0.4 is 0 Å². The first-order chi connectivity index (χ1) is 11.2. The van der Waals surface area contributed by atoms with Gasteiger partial charge in [-0.2, -0.15) is 0 Å². The molecule has 2 aromatic carbocycles. The zero-order chi connectivity index (χ0) is 16.2. The van der Waals surface area contributed by atoms with Crippen LogP contribution in [0, 0.1) is 5.92 Å². The lowest BCUT2D eigenvalue weighted by atomic mass is 9.91. The lowest BCUT2D eigenvalue weighted by Gasteiger charge is -2.37. The number of allylic oxidation sites excluding steroid dienone is 1. The third-order valence-electron chi connectivity index (χ3n) is 4.03. The quantitative estimate of drug-likeness (QED) is 0.799. The van der Waals surface area contributed by atoms with Crippen LogP contribution in [0.4, 0.5) is 0 Å². The minimum Gasteiger partial charge on any atom is -0.508 e. The van der Waals surface area contributed by atoms with E-state index in [1.54, 1.807) is 12.1 Å². The summed E-state index contributed by atoms with van der Waals surface area (Å²) in [6.07, 6.45) is 1.77. The van der Waals surface area contributed by atoms with Gasteiger partial charge in [-0.25, -0.2) is 0 Å². The first-order valence-electron chi connectivity index (χ1n) is 7.61. The number of ether oxygens (including phenoxy) is 2. The summed E-state index contributed by atoms with van der Waals surface area (Å²) in [5.74, 6) is 0.325. The van der Waals surface area contributed by atoms with Gasteiger partial charge in [-0.3, -0.25) is 0 Å². The van der Waals surface area contributed by atoms with Gasteiger partial charge in [-0.1, -0.05) is 54.1 Å². The van der Waals surface area contributed by atoms with Crippen molar-refractivity contribution < 1.29 is 14.6 Å². The highest BCUT2D eigenvalue weighted by Crippen LogP contribution is 2.43. The van der Waals surface area contributed by atoms with Crippen molar-refractivity contribution in [2.24, 2.45) is 5.92 Å². The molecule has 1 saturated heterocycles. The predicted molar refractivity (Wildman–Crippen MR) is 90.4 cm³/mol. The molecule has 1 N–H and O–H groups in total. The number of phenolic OH excluding ortho intramolecular Hbond substituents is 1. The molecule has 0 saturated carbocycles. The fourth-order valence-electron chi connectivity index (χ4n) is 2.87. The van der Waals surface area contributed by atoms with Gasteiger partial charge in [0.05, 0.1) is 12.7 Å². The number of hydrogen-bond donors (Lipinski definition) is 1. The van der Waals surface area contributed by atoms with E-state index in [1.807, 2.05) is 42.5 Å². The monoisotopic (exact) mass is 330 g/mol. The van der Waals surface area contributed by atoms with Crippen molar-refractivity contribution in [3.63, 3.8) is 0 Å². The van der Waals surface area contributed by atoms with Crippen molar-refractivity contribution >= 4 is 11.6 Å². The first kappa shape index (κ1) is 16.1. The van der Waals surface area contributed by atoms with Crippen molar-refractivity contribution in [1.29, 1.82) is 0 Å². The average Bonchev–Trinajstić information content (AvgIpc) is 2.57. The summed E-state index contributed by atoms with van der Waals surface area (Å²) in [6, 6.07) is 14.7. The fourth-order valence-corrected chi connectivity index (χ4v) is 3.10. The van der Waals surface area contributed by atoms with Gasteiger partial charge in [-0.05, 0) is 18.6 Å². The van der Waals surface area contributed by atoms with E-state index in [-0.39, 0.29) is 17.8 Å². The molecule has 3 nitrogen and oxygen atoms in total. The second-order valence-electron chi connectivity index (χ2n) is 5.59. The molecule has 2 aromatic rings. The lowest BCUT2D eigenvalue weighted by molar-refractivity contribution is -0.244. The van der Waals surface area contributed by atoms with Gasteiger partial charge < -0.3 is 14.6 Å². The number of hydrogen-bond acceptors (Lipinski definition) is 3. The summed E-state index contributed by atoms with van der Waals surface area (Å²) in [5.41, 5.74) is 1.56. The van der Waals surface area contributed by atoms with E-state index in [1.165, 1.54) is 0 Å². The van der Waals surface area contributed by atoms with E-state index < -0.39 is 6.29 Å². The molecule has 0 spiro atoms. The summed E-state index contributed by atoms with van der Waals surface area (Å²) >= 11 is 6.25. The number of halogens is 1. The minimum absolute atomic E-state index is 0.0968. The van der Waals surface area contributed by atoms with E-state index in [0.29, 0.717) is 11.6 Å². The highest BCUT2D eigenvalue weighted by molar-refractivity contribution is 6.31. The Hall–Kier alpha value is -1.81. The highest BCUT2D eigenvalue weighted by atomic mass is 35.5. The molecule has 3 rings (SSSR count).